The number of nitrogens with one attached hydrogen (secondary N) is 1. The van der Waals surface area contributed by atoms with Gasteiger partial charge in [0.25, 0.3) is 0 Å². The van der Waals surface area contributed by atoms with Gasteiger partial charge in [0.15, 0.2) is 5.36 Å². The lowest BCUT2D eigenvalue weighted by Crippen LogP contribution is -3.00. The summed E-state index contributed by atoms with van der Waals surface area (Å²) in [5.41, 5.74) is 13.2. The monoisotopic (exact) mass is 493 g/mol. The first-order valence-electron chi connectivity index (χ1n) is 11.5. The number of anilines is 2. The molecule has 0 aromatic heterocycles. The zero-order valence-corrected chi connectivity index (χ0v) is 20.4. The molecule has 0 saturated heterocycles. The van der Waals surface area contributed by atoms with Gasteiger partial charge in [-0.15, -0.1) is 5.11 Å². The summed E-state index contributed by atoms with van der Waals surface area (Å²) in [6, 6.07) is 28.0. The topological polar surface area (TPSA) is 108 Å². The fraction of sp³-hybridized carbons (Fsp3) is 0.0714. The predicted octanol–water partition coefficient (Wildman–Crippen LogP) is 1.53. The second kappa shape index (κ2) is 8.94. The Morgan fingerprint density at radius 1 is 0.917 bits per heavy atom. The Kier molecular flexibility index (Phi) is 5.78. The third-order valence-corrected chi connectivity index (χ3v) is 6.46. The number of fused-ring (bicyclic) bond motifs is 6. The van der Waals surface area contributed by atoms with Crippen molar-refractivity contribution in [2.45, 2.75) is 13.5 Å². The lowest BCUT2D eigenvalue weighted by atomic mass is 9.94. The molecular weight excluding hydrogens is 470 g/mol. The van der Waals surface area contributed by atoms with Crippen LogP contribution in [-0.2, 0) is 6.54 Å². The Hall–Kier alpha value is -4.49. The van der Waals surface area contributed by atoms with E-state index < -0.39 is 0 Å². The molecule has 2 heterocycles. The number of halogens is 1. The Morgan fingerprint density at radius 3 is 2.47 bits per heavy atom. The zero-order valence-electron chi connectivity index (χ0n) is 19.6. The minimum absolute atomic E-state index is 0. The first-order valence-corrected chi connectivity index (χ1v) is 11.5. The lowest BCUT2D eigenvalue weighted by molar-refractivity contribution is -0.172. The first-order chi connectivity index (χ1) is 17.0. The second-order valence-electron chi connectivity index (χ2n) is 8.61. The average molecular weight is 494 g/mol. The summed E-state index contributed by atoms with van der Waals surface area (Å²) in [7, 11) is 0. The van der Waals surface area contributed by atoms with Crippen LogP contribution in [0.25, 0.3) is 33.3 Å². The molecule has 0 radical (unpaired) electrons. The van der Waals surface area contributed by atoms with Crippen LogP contribution >= 0.6 is 0 Å². The van der Waals surface area contributed by atoms with Crippen LogP contribution in [0, 0.1) is 5.41 Å². The maximum absolute atomic E-state index is 7.84. The fourth-order valence-corrected chi connectivity index (χ4v) is 4.87. The van der Waals surface area contributed by atoms with Crippen LogP contribution in [0.15, 0.2) is 95.3 Å². The van der Waals surface area contributed by atoms with E-state index in [0.717, 1.165) is 62.3 Å². The van der Waals surface area contributed by atoms with Gasteiger partial charge >= 0.3 is 0 Å². The second-order valence-corrected chi connectivity index (χ2v) is 8.61. The number of benzene rings is 4. The van der Waals surface area contributed by atoms with Crippen molar-refractivity contribution in [2.24, 2.45) is 16.1 Å². The van der Waals surface area contributed by atoms with Crippen molar-refractivity contribution in [1.82, 2.24) is 4.57 Å². The molecule has 3 aromatic carbocycles. The summed E-state index contributed by atoms with van der Waals surface area (Å²) in [5.74, 6) is 0.00752. The Balaban J connectivity index is 0.00000267. The van der Waals surface area contributed by atoms with E-state index in [1.54, 1.807) is 5.01 Å². The lowest BCUT2D eigenvalue weighted by Gasteiger charge is -2.25. The van der Waals surface area contributed by atoms with Crippen molar-refractivity contribution in [3.8, 4) is 22.5 Å². The number of hydrogen-bond donors (Lipinski definition) is 3. The number of aromatic nitrogens is 1. The van der Waals surface area contributed by atoms with Gasteiger partial charge in [0.05, 0.1) is 28.5 Å². The van der Waals surface area contributed by atoms with E-state index in [-0.39, 0.29) is 18.2 Å². The highest BCUT2D eigenvalue weighted by molar-refractivity contribution is 6.06. The Bertz CT molecular complexity index is 1700. The van der Waals surface area contributed by atoms with E-state index >= 15 is 0 Å². The summed E-state index contributed by atoms with van der Waals surface area (Å²) in [6.45, 7) is 2.93. The molecule has 2 aliphatic heterocycles. The van der Waals surface area contributed by atoms with Crippen molar-refractivity contribution in [1.29, 1.82) is 5.41 Å². The minimum Gasteiger partial charge on any atom is -1.00 e. The smallest absolute Gasteiger partial charge is 0.198 e. The van der Waals surface area contributed by atoms with Crippen LogP contribution in [-0.4, -0.2) is 10.4 Å². The molecule has 8 heteroatoms. The van der Waals surface area contributed by atoms with Gasteiger partial charge in [-0.25, -0.2) is 5.01 Å². The number of hydrogen-bond acceptors (Lipinski definition) is 4. The number of amidine groups is 1. The maximum atomic E-state index is 7.84. The van der Waals surface area contributed by atoms with Gasteiger partial charge in [0, 0.05) is 40.8 Å². The van der Waals surface area contributed by atoms with Crippen LogP contribution in [0.1, 0.15) is 12.5 Å². The van der Waals surface area contributed by atoms with Crippen molar-refractivity contribution < 1.29 is 17.8 Å². The summed E-state index contributed by atoms with van der Waals surface area (Å²) >= 11 is 0. The normalized spacial score (nSPS) is 12.1. The molecule has 5 N–H and O–H groups in total. The maximum Gasteiger partial charge on any atom is 0.198 e. The molecule has 36 heavy (non-hydrogen) atoms. The molecule has 0 fully saturated rings. The van der Waals surface area contributed by atoms with Gasteiger partial charge < -0.3 is 22.7 Å². The largest absolute Gasteiger partial charge is 1.00 e. The van der Waals surface area contributed by atoms with Crippen LogP contribution in [0.3, 0.4) is 0 Å². The third-order valence-electron chi connectivity index (χ3n) is 6.46. The summed E-state index contributed by atoms with van der Waals surface area (Å²) in [4.78, 5) is 0. The third kappa shape index (κ3) is 3.70. The van der Waals surface area contributed by atoms with Crippen molar-refractivity contribution >= 4 is 33.7 Å². The van der Waals surface area contributed by atoms with E-state index in [0.29, 0.717) is 5.56 Å². The SMILES string of the molecule is CCn1c2cc(=[NH2+])ccc-2c2ccc3cc2c1-c1cccc(c1)N(c1cccc(C(=N)N)c1)N=N3.[Cl-]. The van der Waals surface area contributed by atoms with Gasteiger partial charge in [-0.3, -0.25) is 10.8 Å². The van der Waals surface area contributed by atoms with E-state index in [1.807, 2.05) is 54.6 Å². The first kappa shape index (κ1) is 23.3. The molecule has 6 rings (SSSR count). The molecule has 0 atom stereocenters. The molecule has 0 spiro atoms. The number of nitrogen functional groups attached to an aromatic ring is 1. The highest BCUT2D eigenvalue weighted by Crippen LogP contribution is 2.42. The van der Waals surface area contributed by atoms with Gasteiger partial charge in [0.2, 0.25) is 0 Å². The molecule has 3 aromatic rings. The zero-order chi connectivity index (χ0) is 24.1. The van der Waals surface area contributed by atoms with Crippen LogP contribution in [0.2, 0.25) is 0 Å². The van der Waals surface area contributed by atoms with Gasteiger partial charge in [0.1, 0.15) is 5.84 Å². The number of nitrogens with zero attached hydrogens (tertiary/aromatic N) is 4. The van der Waals surface area contributed by atoms with Crippen molar-refractivity contribution in [3.63, 3.8) is 0 Å². The van der Waals surface area contributed by atoms with Gasteiger partial charge in [-0.1, -0.05) is 35.6 Å². The summed E-state index contributed by atoms with van der Waals surface area (Å²) < 4.78 is 2.32. The summed E-state index contributed by atoms with van der Waals surface area (Å²) in [6.07, 6.45) is 0. The van der Waals surface area contributed by atoms with Crippen molar-refractivity contribution in [2.75, 3.05) is 5.01 Å². The van der Waals surface area contributed by atoms with Gasteiger partial charge in [-0.05, 0) is 54.8 Å². The molecule has 178 valence electrons. The molecular formula is C28H24ClN7. The van der Waals surface area contributed by atoms with E-state index in [2.05, 4.69) is 52.2 Å². The minimum atomic E-state index is 0. The van der Waals surface area contributed by atoms with Crippen LogP contribution < -0.4 is 33.9 Å². The van der Waals surface area contributed by atoms with Gasteiger partial charge in [-0.2, -0.15) is 0 Å². The molecule has 7 nitrogen and oxygen atoms in total. The molecule has 3 aliphatic rings. The highest BCUT2D eigenvalue weighted by atomic mass is 35.5. The van der Waals surface area contributed by atoms with Crippen LogP contribution in [0.5, 0.6) is 0 Å². The average Bonchev–Trinajstić information content (AvgIpc) is 2.87. The molecule has 0 unspecified atom stereocenters. The number of nitrogens with two attached hydrogens (primary N) is 2. The van der Waals surface area contributed by atoms with Crippen LogP contribution in [0.4, 0.5) is 17.1 Å². The molecule has 0 amide bonds. The van der Waals surface area contributed by atoms with E-state index in [1.165, 1.54) is 0 Å². The standard InChI is InChI=1S/C28H23N7.ClH/c1-2-34-26-15-19(29)9-11-24(26)23-12-10-20-16-25(23)27(34)17-5-3-7-21(13-17)35(33-32-20)22-8-4-6-18(14-22)28(30)31;/h3-16,29H,2H2,1H3,(H3,30,31);1H. The van der Waals surface area contributed by atoms with Crippen molar-refractivity contribution in [3.05, 3.63) is 95.8 Å². The molecule has 0 saturated carbocycles. The summed E-state index contributed by atoms with van der Waals surface area (Å²) in [5, 5.41) is 28.0. The van der Waals surface area contributed by atoms with E-state index in [4.69, 9.17) is 16.6 Å². The molecule has 1 aliphatic carbocycles. The fourth-order valence-electron chi connectivity index (χ4n) is 4.87. The number of pyridine rings is 1. The quantitative estimate of drug-likeness (QED) is 0.201. The number of rotatable bonds is 3. The molecule has 4 bridgehead atoms. The van der Waals surface area contributed by atoms with E-state index in [9.17, 15) is 0 Å². The highest BCUT2D eigenvalue weighted by Gasteiger charge is 2.21. The predicted molar refractivity (Wildman–Crippen MR) is 139 cm³/mol. The Labute approximate surface area is 214 Å². The Morgan fingerprint density at radius 2 is 1.69 bits per heavy atom.